The number of nitrogens with one attached hydrogen (secondary N) is 1. The van der Waals surface area contributed by atoms with Crippen LogP contribution < -0.4 is 10.2 Å². The lowest BCUT2D eigenvalue weighted by Crippen LogP contribution is -2.22. The minimum absolute atomic E-state index is 0.0187. The van der Waals surface area contributed by atoms with E-state index in [9.17, 15) is 0 Å². The quantitative estimate of drug-likeness (QED) is 0.453. The maximum absolute atomic E-state index is 6.85. The molecule has 2 aliphatic rings. The van der Waals surface area contributed by atoms with Crippen molar-refractivity contribution in [3.8, 4) is 0 Å². The molecule has 0 saturated heterocycles. The molecule has 3 heteroatoms. The van der Waals surface area contributed by atoms with Crippen LogP contribution in [0.15, 0.2) is 94.7 Å². The van der Waals surface area contributed by atoms with Gasteiger partial charge in [-0.3, -0.25) is 0 Å². The number of fused-ring (bicyclic) bond motifs is 1. The van der Waals surface area contributed by atoms with Crippen LogP contribution in [0.4, 0.5) is 11.4 Å². The Morgan fingerprint density at radius 3 is 2.47 bits per heavy atom. The summed E-state index contributed by atoms with van der Waals surface area (Å²) in [6.07, 6.45) is 12.0. The predicted molar refractivity (Wildman–Crippen MR) is 149 cm³/mol. The van der Waals surface area contributed by atoms with E-state index in [2.05, 4.69) is 118 Å². The van der Waals surface area contributed by atoms with Crippen LogP contribution in [0, 0.1) is 0 Å². The van der Waals surface area contributed by atoms with Gasteiger partial charge in [0.15, 0.2) is 0 Å². The van der Waals surface area contributed by atoms with Gasteiger partial charge in [0.1, 0.15) is 0 Å². The number of likely N-dealkylation sites (N-methyl/N-ethyl adjacent to an activating group) is 1. The zero-order valence-corrected chi connectivity index (χ0v) is 22.1. The van der Waals surface area contributed by atoms with E-state index in [0.29, 0.717) is 0 Å². The summed E-state index contributed by atoms with van der Waals surface area (Å²) in [5.41, 5.74) is 9.00. The van der Waals surface area contributed by atoms with E-state index in [4.69, 9.17) is 11.6 Å². The van der Waals surface area contributed by atoms with Crippen LogP contribution in [0.1, 0.15) is 58.1 Å². The Labute approximate surface area is 210 Å². The number of halogens is 1. The second kappa shape index (κ2) is 9.50. The SMILES string of the molecule is CNc1ccccc1C(C)(C)CC=CC1=C(Cl)C(=CC=C2N(C)c3ccccc3C2(C)C)CC1. The molecule has 0 radical (unpaired) electrons. The lowest BCUT2D eigenvalue weighted by atomic mass is 9.80. The van der Waals surface area contributed by atoms with Crippen LogP contribution in [0.25, 0.3) is 0 Å². The average Bonchev–Trinajstić information content (AvgIpc) is 3.26. The minimum atomic E-state index is -0.0187. The number of hydrogen-bond donors (Lipinski definition) is 1. The molecule has 1 N–H and O–H groups in total. The molecule has 0 unspecified atom stereocenters. The van der Waals surface area contributed by atoms with Crippen molar-refractivity contribution in [1.29, 1.82) is 0 Å². The fourth-order valence-corrected chi connectivity index (χ4v) is 5.70. The third-order valence-electron chi connectivity index (χ3n) is 7.48. The number of allylic oxidation sites excluding steroid dienone is 8. The Bertz CT molecular complexity index is 1190. The van der Waals surface area contributed by atoms with Crippen molar-refractivity contribution in [3.05, 3.63) is 106 Å². The van der Waals surface area contributed by atoms with E-state index < -0.39 is 0 Å². The van der Waals surface area contributed by atoms with Crippen molar-refractivity contribution >= 4 is 23.0 Å². The molecule has 0 amide bonds. The van der Waals surface area contributed by atoms with Gasteiger partial charge >= 0.3 is 0 Å². The summed E-state index contributed by atoms with van der Waals surface area (Å²) in [6, 6.07) is 17.2. The Hall–Kier alpha value is -2.71. The Balaban J connectivity index is 1.51. The van der Waals surface area contributed by atoms with Gasteiger partial charge in [-0.25, -0.2) is 0 Å². The lowest BCUT2D eigenvalue weighted by molar-refractivity contribution is 0.535. The zero-order chi connectivity index (χ0) is 24.5. The minimum Gasteiger partial charge on any atom is -0.388 e. The third kappa shape index (κ3) is 4.49. The van der Waals surface area contributed by atoms with Crippen molar-refractivity contribution in [1.82, 2.24) is 0 Å². The van der Waals surface area contributed by atoms with E-state index in [0.717, 1.165) is 24.3 Å². The highest BCUT2D eigenvalue weighted by Gasteiger charge is 2.37. The third-order valence-corrected chi connectivity index (χ3v) is 7.97. The standard InChI is InChI=1S/C31H37ClN2/c1-30(2,24-13-7-9-15-26(24)33-5)21-11-12-22-17-18-23(29(22)32)19-20-28-31(3,4)25-14-8-10-16-27(25)34(28)6/h7-16,19-20,33H,17-18,21H2,1-6H3. The summed E-state index contributed by atoms with van der Waals surface area (Å²) in [6.45, 7) is 9.20. The molecular weight excluding hydrogens is 436 g/mol. The van der Waals surface area contributed by atoms with Gasteiger partial charge in [0.05, 0.1) is 0 Å². The van der Waals surface area contributed by atoms with Gasteiger partial charge < -0.3 is 10.2 Å². The Kier molecular flexibility index (Phi) is 6.82. The van der Waals surface area contributed by atoms with Crippen LogP contribution in [0.2, 0.25) is 0 Å². The van der Waals surface area contributed by atoms with Gasteiger partial charge in [0.25, 0.3) is 0 Å². The van der Waals surface area contributed by atoms with Gasteiger partial charge in [0.2, 0.25) is 0 Å². The van der Waals surface area contributed by atoms with Crippen molar-refractivity contribution in [2.45, 2.75) is 57.8 Å². The summed E-state index contributed by atoms with van der Waals surface area (Å²) in [4.78, 5) is 2.31. The highest BCUT2D eigenvalue weighted by Crippen LogP contribution is 2.47. The van der Waals surface area contributed by atoms with Crippen molar-refractivity contribution in [2.24, 2.45) is 0 Å². The number of hydrogen-bond acceptors (Lipinski definition) is 2. The van der Waals surface area contributed by atoms with E-state index in [1.807, 2.05) is 7.05 Å². The predicted octanol–water partition coefficient (Wildman–Crippen LogP) is 8.48. The maximum atomic E-state index is 6.85. The van der Waals surface area contributed by atoms with Gasteiger partial charge in [-0.05, 0) is 65.2 Å². The fraction of sp³-hybridized carbons (Fsp3) is 0.355. The maximum Gasteiger partial charge on any atom is 0.0470 e. The molecule has 2 aromatic rings. The van der Waals surface area contributed by atoms with E-state index in [1.54, 1.807) is 0 Å². The zero-order valence-electron chi connectivity index (χ0n) is 21.4. The van der Waals surface area contributed by atoms with Crippen molar-refractivity contribution < 1.29 is 0 Å². The smallest absolute Gasteiger partial charge is 0.0470 e. The molecule has 1 aliphatic heterocycles. The van der Waals surface area contributed by atoms with Crippen LogP contribution in [0.5, 0.6) is 0 Å². The second-order valence-corrected chi connectivity index (χ2v) is 10.9. The Morgan fingerprint density at radius 2 is 1.74 bits per heavy atom. The van der Waals surface area contributed by atoms with E-state index in [1.165, 1.54) is 39.3 Å². The van der Waals surface area contributed by atoms with Crippen LogP contribution in [-0.2, 0) is 10.8 Å². The first kappa shape index (κ1) is 24.4. The van der Waals surface area contributed by atoms with Gasteiger partial charge in [-0.15, -0.1) is 0 Å². The van der Waals surface area contributed by atoms with Gasteiger partial charge in [-0.2, -0.15) is 0 Å². The molecule has 34 heavy (non-hydrogen) atoms. The van der Waals surface area contributed by atoms with Crippen LogP contribution in [0.3, 0.4) is 0 Å². The molecular formula is C31H37ClN2. The summed E-state index contributed by atoms with van der Waals surface area (Å²) in [5.74, 6) is 0. The first-order valence-corrected chi connectivity index (χ1v) is 12.6. The summed E-state index contributed by atoms with van der Waals surface area (Å²) < 4.78 is 0. The summed E-state index contributed by atoms with van der Waals surface area (Å²) in [5, 5.41) is 4.24. The molecule has 2 aromatic carbocycles. The molecule has 0 aromatic heterocycles. The first-order chi connectivity index (χ1) is 16.2. The highest BCUT2D eigenvalue weighted by molar-refractivity contribution is 6.33. The average molecular weight is 473 g/mol. The van der Waals surface area contributed by atoms with Crippen LogP contribution >= 0.6 is 11.6 Å². The molecule has 0 fully saturated rings. The Morgan fingerprint density at radius 1 is 1.03 bits per heavy atom. The molecule has 2 nitrogen and oxygen atoms in total. The van der Waals surface area contributed by atoms with E-state index in [-0.39, 0.29) is 10.8 Å². The van der Waals surface area contributed by atoms with Gasteiger partial charge in [0, 0.05) is 41.6 Å². The van der Waals surface area contributed by atoms with E-state index >= 15 is 0 Å². The number of para-hydroxylation sites is 2. The molecule has 0 atom stereocenters. The molecule has 0 bridgehead atoms. The topological polar surface area (TPSA) is 15.3 Å². The largest absolute Gasteiger partial charge is 0.388 e. The first-order valence-electron chi connectivity index (χ1n) is 12.2. The van der Waals surface area contributed by atoms with Crippen molar-refractivity contribution in [3.63, 3.8) is 0 Å². The summed E-state index contributed by atoms with van der Waals surface area (Å²) >= 11 is 6.85. The fourth-order valence-electron chi connectivity index (χ4n) is 5.39. The van der Waals surface area contributed by atoms with Crippen molar-refractivity contribution in [2.75, 3.05) is 24.3 Å². The molecule has 4 rings (SSSR count). The summed E-state index contributed by atoms with van der Waals surface area (Å²) in [7, 11) is 4.15. The number of nitrogens with zero attached hydrogens (tertiary/aromatic N) is 1. The molecule has 1 heterocycles. The highest BCUT2D eigenvalue weighted by atomic mass is 35.5. The monoisotopic (exact) mass is 472 g/mol. The number of rotatable bonds is 6. The number of benzene rings is 2. The van der Waals surface area contributed by atoms with Gasteiger partial charge in [-0.1, -0.05) is 93.9 Å². The molecule has 1 aliphatic carbocycles. The molecule has 178 valence electrons. The normalized spacial score (nSPS) is 20.1. The van der Waals surface area contributed by atoms with Crippen LogP contribution in [-0.4, -0.2) is 14.1 Å². The second-order valence-electron chi connectivity index (χ2n) is 10.6. The number of anilines is 2. The molecule has 0 spiro atoms. The molecule has 0 saturated carbocycles. The lowest BCUT2D eigenvalue weighted by Gasteiger charge is -2.26.